The number of carboxylic acids is 1. The van der Waals surface area contributed by atoms with Crippen molar-refractivity contribution in [3.05, 3.63) is 83.4 Å². The van der Waals surface area contributed by atoms with Gasteiger partial charge in [-0.25, -0.2) is 4.79 Å². The third-order valence-electron chi connectivity index (χ3n) is 5.21. The van der Waals surface area contributed by atoms with Crippen molar-refractivity contribution in [3.8, 4) is 11.1 Å². The predicted molar refractivity (Wildman–Crippen MR) is 120 cm³/mol. The lowest BCUT2D eigenvalue weighted by molar-refractivity contribution is -0.138. The molecule has 1 saturated carbocycles. The maximum atomic E-state index is 12.4. The molecule has 6 nitrogen and oxygen atoms in total. The van der Waals surface area contributed by atoms with E-state index in [1.165, 1.54) is 0 Å². The maximum absolute atomic E-state index is 12.4. The van der Waals surface area contributed by atoms with Gasteiger partial charge in [0, 0.05) is 17.2 Å². The molecule has 156 valence electrons. The molecule has 0 bridgehead atoms. The summed E-state index contributed by atoms with van der Waals surface area (Å²) in [6.07, 6.45) is 0.411. The van der Waals surface area contributed by atoms with Crippen LogP contribution in [0.4, 0.5) is 16.2 Å². The second kappa shape index (κ2) is 8.62. The molecule has 0 aromatic heterocycles. The fourth-order valence-electron chi connectivity index (χ4n) is 3.39. The van der Waals surface area contributed by atoms with E-state index >= 15 is 0 Å². The van der Waals surface area contributed by atoms with Crippen molar-refractivity contribution in [1.82, 2.24) is 0 Å². The molecule has 2 amide bonds. The van der Waals surface area contributed by atoms with Crippen LogP contribution < -0.4 is 10.6 Å². The summed E-state index contributed by atoms with van der Waals surface area (Å²) in [6.45, 7) is 0. The van der Waals surface area contributed by atoms with Gasteiger partial charge >= 0.3 is 12.0 Å². The number of benzene rings is 3. The van der Waals surface area contributed by atoms with Gasteiger partial charge in [-0.3, -0.25) is 9.59 Å². The molecule has 1 aliphatic carbocycles. The van der Waals surface area contributed by atoms with Gasteiger partial charge in [-0.15, -0.1) is 0 Å². The summed E-state index contributed by atoms with van der Waals surface area (Å²) in [4.78, 5) is 35.5. The Morgan fingerprint density at radius 2 is 1.42 bits per heavy atom. The van der Waals surface area contributed by atoms with E-state index < -0.39 is 23.8 Å². The van der Waals surface area contributed by atoms with E-state index in [0.717, 1.165) is 11.1 Å². The first-order valence-electron chi connectivity index (χ1n) is 9.72. The van der Waals surface area contributed by atoms with Gasteiger partial charge in [0.25, 0.3) is 0 Å². The van der Waals surface area contributed by atoms with E-state index in [4.69, 9.17) is 16.7 Å². The lowest BCUT2D eigenvalue weighted by Gasteiger charge is -2.10. The molecule has 3 aromatic rings. The van der Waals surface area contributed by atoms with Crippen LogP contribution in [0.15, 0.2) is 72.8 Å². The predicted octanol–water partition coefficient (Wildman–Crippen LogP) is 5.55. The second-order valence-electron chi connectivity index (χ2n) is 7.36. The molecule has 4 rings (SSSR count). The Balaban J connectivity index is 1.38. The number of amides is 2. The van der Waals surface area contributed by atoms with Crippen molar-refractivity contribution in [2.24, 2.45) is 11.8 Å². The highest BCUT2D eigenvalue weighted by Gasteiger charge is 2.48. The number of nitrogens with one attached hydrogen (secondary N) is 2. The van der Waals surface area contributed by atoms with E-state index in [1.807, 2.05) is 24.3 Å². The summed E-state index contributed by atoms with van der Waals surface area (Å²) in [6, 6.07) is 21.0. The average Bonchev–Trinajstić information content (AvgIpc) is 3.57. The monoisotopic (exact) mass is 434 g/mol. The van der Waals surface area contributed by atoms with Gasteiger partial charge in [-0.05, 0) is 41.8 Å². The van der Waals surface area contributed by atoms with Gasteiger partial charge in [0.1, 0.15) is 0 Å². The van der Waals surface area contributed by atoms with E-state index in [9.17, 15) is 14.4 Å². The minimum atomic E-state index is -0.913. The normalized spacial score (nSPS) is 16.9. The molecule has 3 aromatic carbocycles. The van der Waals surface area contributed by atoms with Crippen molar-refractivity contribution in [2.45, 2.75) is 6.42 Å². The fourth-order valence-corrected chi connectivity index (χ4v) is 3.57. The van der Waals surface area contributed by atoms with Crippen LogP contribution in [-0.4, -0.2) is 22.9 Å². The summed E-state index contributed by atoms with van der Waals surface area (Å²) in [5.41, 5.74) is 3.49. The van der Waals surface area contributed by atoms with Crippen molar-refractivity contribution in [2.75, 3.05) is 10.6 Å². The van der Waals surface area contributed by atoms with Gasteiger partial charge in [0.2, 0.25) is 0 Å². The zero-order valence-corrected chi connectivity index (χ0v) is 17.1. The standard InChI is InChI=1S/C24H19ClN2O4/c25-20-3-1-2-4-21(20)27-24(31)26-17-11-9-15(10-12-17)14-5-7-16(8-6-14)22(28)18-13-19(18)23(29)30/h1-12,18-19H,13H2,(H,29,30)(H2,26,27,31)/t18-,19-/m1/s1. The fraction of sp³-hybridized carbons (Fsp3) is 0.125. The van der Waals surface area contributed by atoms with Gasteiger partial charge in [-0.2, -0.15) is 0 Å². The van der Waals surface area contributed by atoms with Crippen LogP contribution in [-0.2, 0) is 4.79 Å². The molecule has 31 heavy (non-hydrogen) atoms. The number of ketones is 1. The number of Topliss-reactive ketones (excluding diaryl/α,β-unsaturated/α-hetero) is 1. The van der Waals surface area contributed by atoms with Gasteiger partial charge < -0.3 is 15.7 Å². The number of rotatable bonds is 6. The molecule has 0 radical (unpaired) electrons. The number of anilines is 2. The van der Waals surface area contributed by atoms with E-state index in [-0.39, 0.29) is 5.78 Å². The summed E-state index contributed by atoms with van der Waals surface area (Å²) in [5, 5.41) is 14.9. The van der Waals surface area contributed by atoms with Crippen LogP contribution in [0.2, 0.25) is 5.02 Å². The first-order valence-corrected chi connectivity index (χ1v) is 10.1. The number of hydrogen-bond acceptors (Lipinski definition) is 3. The molecule has 1 aliphatic rings. The minimum Gasteiger partial charge on any atom is -0.481 e. The summed E-state index contributed by atoms with van der Waals surface area (Å²) < 4.78 is 0. The first-order chi connectivity index (χ1) is 14.9. The maximum Gasteiger partial charge on any atom is 0.323 e. The first kappa shape index (κ1) is 20.6. The highest BCUT2D eigenvalue weighted by molar-refractivity contribution is 6.33. The van der Waals surface area contributed by atoms with Crippen molar-refractivity contribution in [1.29, 1.82) is 0 Å². The van der Waals surface area contributed by atoms with Crippen LogP contribution in [0.3, 0.4) is 0 Å². The van der Waals surface area contributed by atoms with Gasteiger partial charge in [0.15, 0.2) is 5.78 Å². The number of hydrogen-bond donors (Lipinski definition) is 3. The van der Waals surface area contributed by atoms with E-state index in [1.54, 1.807) is 48.5 Å². The third-order valence-corrected chi connectivity index (χ3v) is 5.54. The topological polar surface area (TPSA) is 95.5 Å². The Kier molecular flexibility index (Phi) is 5.73. The SMILES string of the molecule is O=C(Nc1ccc(-c2ccc(C(=O)[C@@H]3C[C@H]3C(=O)O)cc2)cc1)Nc1ccccc1Cl. The Labute approximate surface area is 183 Å². The zero-order valence-electron chi connectivity index (χ0n) is 16.3. The lowest BCUT2D eigenvalue weighted by atomic mass is 10.0. The lowest BCUT2D eigenvalue weighted by Crippen LogP contribution is -2.19. The molecule has 0 aliphatic heterocycles. The molecular formula is C24H19ClN2O4. The Hall–Kier alpha value is -3.64. The van der Waals surface area contributed by atoms with Crippen LogP contribution in [0.5, 0.6) is 0 Å². The smallest absolute Gasteiger partial charge is 0.323 e. The minimum absolute atomic E-state index is 0.122. The molecule has 7 heteroatoms. The van der Waals surface area contributed by atoms with E-state index in [2.05, 4.69) is 10.6 Å². The molecule has 0 unspecified atom stereocenters. The Morgan fingerprint density at radius 1 is 0.806 bits per heavy atom. The number of carbonyl (C=O) groups excluding carboxylic acids is 2. The molecule has 0 heterocycles. The summed E-state index contributed by atoms with van der Waals surface area (Å²) in [5.74, 6) is -2.00. The molecule has 1 fully saturated rings. The summed E-state index contributed by atoms with van der Waals surface area (Å²) in [7, 11) is 0. The van der Waals surface area contributed by atoms with Gasteiger partial charge in [0.05, 0.1) is 16.6 Å². The van der Waals surface area contributed by atoms with Crippen molar-refractivity contribution in [3.63, 3.8) is 0 Å². The highest BCUT2D eigenvalue weighted by Crippen LogP contribution is 2.41. The van der Waals surface area contributed by atoms with Crippen LogP contribution in [0.25, 0.3) is 11.1 Å². The zero-order chi connectivity index (χ0) is 22.0. The highest BCUT2D eigenvalue weighted by atomic mass is 35.5. The largest absolute Gasteiger partial charge is 0.481 e. The number of carboxylic acid groups (broad SMARTS) is 1. The molecule has 0 saturated heterocycles. The second-order valence-corrected chi connectivity index (χ2v) is 7.77. The molecule has 0 spiro atoms. The number of urea groups is 1. The van der Waals surface area contributed by atoms with Crippen LogP contribution in [0, 0.1) is 11.8 Å². The number of carbonyl (C=O) groups is 3. The van der Waals surface area contributed by atoms with Crippen molar-refractivity contribution >= 4 is 40.8 Å². The molecule has 3 N–H and O–H groups in total. The third kappa shape index (κ3) is 4.75. The van der Waals surface area contributed by atoms with Gasteiger partial charge in [-0.1, -0.05) is 60.1 Å². The Bertz CT molecular complexity index is 1140. The summed E-state index contributed by atoms with van der Waals surface area (Å²) >= 11 is 6.04. The van der Waals surface area contributed by atoms with Crippen molar-refractivity contribution < 1.29 is 19.5 Å². The number of halogens is 1. The number of para-hydroxylation sites is 1. The molecule has 2 atom stereocenters. The average molecular weight is 435 g/mol. The quantitative estimate of drug-likeness (QED) is 0.443. The van der Waals surface area contributed by atoms with Crippen LogP contribution in [0.1, 0.15) is 16.8 Å². The Morgan fingerprint density at radius 3 is 2.00 bits per heavy atom. The number of aliphatic carboxylic acids is 1. The molecular weight excluding hydrogens is 416 g/mol. The van der Waals surface area contributed by atoms with E-state index in [0.29, 0.717) is 28.4 Å². The van der Waals surface area contributed by atoms with Crippen LogP contribution >= 0.6 is 11.6 Å².